The molecule has 0 spiro atoms. The molecule has 0 aliphatic rings. The second-order valence-corrected chi connectivity index (χ2v) is 14.6. The minimum absolute atomic E-state index is 0.0466. The van der Waals surface area contributed by atoms with Crippen LogP contribution in [0.2, 0.25) is 5.04 Å². The van der Waals surface area contributed by atoms with Crippen molar-refractivity contribution in [2.24, 2.45) is 0 Å². The highest BCUT2D eigenvalue weighted by molar-refractivity contribution is 6.99. The second kappa shape index (κ2) is 15.4. The van der Waals surface area contributed by atoms with Crippen LogP contribution >= 0.6 is 0 Å². The van der Waals surface area contributed by atoms with Gasteiger partial charge in [0.1, 0.15) is 0 Å². The molecule has 0 saturated carbocycles. The van der Waals surface area contributed by atoms with Crippen molar-refractivity contribution in [3.63, 3.8) is 0 Å². The van der Waals surface area contributed by atoms with Gasteiger partial charge in [-0.1, -0.05) is 118 Å². The van der Waals surface area contributed by atoms with Crippen LogP contribution in [0.15, 0.2) is 108 Å². The number of esters is 1. The number of hydrogen-bond donors (Lipinski definition) is 0. The van der Waals surface area contributed by atoms with Crippen LogP contribution in [0.3, 0.4) is 0 Å². The summed E-state index contributed by atoms with van der Waals surface area (Å²) in [6.45, 7) is 13.3. The predicted molar refractivity (Wildman–Crippen MR) is 161 cm³/mol. The second-order valence-electron chi connectivity index (χ2n) is 10.3. The van der Waals surface area contributed by atoms with Crippen LogP contribution in [-0.4, -0.2) is 40.7 Å². The summed E-state index contributed by atoms with van der Waals surface area (Å²) in [6.07, 6.45) is 12.6. The topological polar surface area (TPSA) is 44.8 Å². The van der Waals surface area contributed by atoms with Crippen LogP contribution in [0.1, 0.15) is 48.0 Å². The van der Waals surface area contributed by atoms with Gasteiger partial charge in [0.15, 0.2) is 0 Å². The molecule has 2 rings (SSSR count). The molecule has 0 aliphatic heterocycles. The third kappa shape index (κ3) is 8.52. The van der Waals surface area contributed by atoms with Gasteiger partial charge in [-0.15, -0.1) is 0 Å². The summed E-state index contributed by atoms with van der Waals surface area (Å²) >= 11 is 0. The van der Waals surface area contributed by atoms with Crippen molar-refractivity contribution in [1.29, 1.82) is 0 Å². The fourth-order valence-electron chi connectivity index (χ4n) is 4.49. The molecule has 0 aromatic heterocycles. The number of allylic oxidation sites excluding steroid dienone is 4. The maximum absolute atomic E-state index is 11.8. The minimum atomic E-state index is -2.53. The molecule has 0 fully saturated rings. The summed E-state index contributed by atoms with van der Waals surface area (Å²) in [6, 6.07) is 21.3. The molecule has 0 heterocycles. The lowest BCUT2D eigenvalue weighted by atomic mass is 10.1. The van der Waals surface area contributed by atoms with Crippen molar-refractivity contribution in [3.8, 4) is 0 Å². The van der Waals surface area contributed by atoms with Gasteiger partial charge in [0, 0.05) is 12.7 Å². The summed E-state index contributed by atoms with van der Waals surface area (Å²) in [5.41, 5.74) is 1.61. The molecule has 0 N–H and O–H groups in total. The lowest BCUT2D eigenvalue weighted by Gasteiger charge is -2.42. The van der Waals surface area contributed by atoms with E-state index in [4.69, 9.17) is 13.9 Å². The minimum Gasteiger partial charge on any atom is -0.463 e. The summed E-state index contributed by atoms with van der Waals surface area (Å²) < 4.78 is 17.6. The molecule has 2 aromatic rings. The highest BCUT2D eigenvalue weighted by Crippen LogP contribution is 2.36. The van der Waals surface area contributed by atoms with E-state index in [1.54, 1.807) is 27.0 Å². The number of hydrogen-bond acceptors (Lipinski definition) is 4. The molecule has 0 aliphatic carbocycles. The molecule has 4 nitrogen and oxygen atoms in total. The molecule has 0 saturated heterocycles. The Kier molecular flexibility index (Phi) is 12.7. The third-order valence-corrected chi connectivity index (χ3v) is 11.5. The first kappa shape index (κ1) is 31.2. The summed E-state index contributed by atoms with van der Waals surface area (Å²) in [5, 5.41) is 2.51. The van der Waals surface area contributed by atoms with Gasteiger partial charge >= 0.3 is 5.97 Å². The van der Waals surface area contributed by atoms with E-state index in [-0.39, 0.29) is 17.1 Å². The van der Waals surface area contributed by atoms with E-state index in [9.17, 15) is 4.79 Å². The van der Waals surface area contributed by atoms with E-state index in [0.717, 1.165) is 12.0 Å². The maximum Gasteiger partial charge on any atom is 0.333 e. The smallest absolute Gasteiger partial charge is 0.333 e. The standard InChI is InChI=1S/C33H44O4Si/c1-8-36-32(34)28(3)25-24-27(2)31(35-7)23-17-9-10-18-26-37-38(33(4,5)6,29-19-13-11-14-20-29)30-21-15-12-16-22-30/h9-22,24-25,31H,8,23,26H2,1-7H3/b17-9-,18-10+,27-24-,28-25+/t31-/m1/s1. The molecule has 1 atom stereocenters. The average Bonchev–Trinajstić information content (AvgIpc) is 2.91. The summed E-state index contributed by atoms with van der Waals surface area (Å²) in [4.78, 5) is 11.8. The van der Waals surface area contributed by atoms with Gasteiger partial charge in [-0.25, -0.2) is 4.79 Å². The Bertz CT molecular complexity index is 1070. The zero-order chi connectivity index (χ0) is 28.0. The zero-order valence-electron chi connectivity index (χ0n) is 24.1. The quantitative estimate of drug-likeness (QED) is 0.127. The molecule has 0 amide bonds. The van der Waals surface area contributed by atoms with Crippen LogP contribution in [0.25, 0.3) is 0 Å². The fraction of sp³-hybridized carbons (Fsp3) is 0.364. The molecule has 0 unspecified atom stereocenters. The Morgan fingerprint density at radius 3 is 1.95 bits per heavy atom. The Hall–Kier alpha value is -2.99. The Labute approximate surface area is 230 Å². The highest BCUT2D eigenvalue weighted by atomic mass is 28.4. The van der Waals surface area contributed by atoms with E-state index >= 15 is 0 Å². The van der Waals surface area contributed by atoms with Crippen LogP contribution in [0.5, 0.6) is 0 Å². The molecule has 2 aromatic carbocycles. The first-order chi connectivity index (χ1) is 18.2. The van der Waals surface area contributed by atoms with Crippen molar-refractivity contribution >= 4 is 24.7 Å². The number of rotatable bonds is 13. The van der Waals surface area contributed by atoms with Crippen LogP contribution in [-0.2, 0) is 18.7 Å². The molecule has 5 heteroatoms. The Morgan fingerprint density at radius 1 is 0.895 bits per heavy atom. The van der Waals surface area contributed by atoms with Gasteiger partial charge in [-0.3, -0.25) is 0 Å². The van der Waals surface area contributed by atoms with E-state index in [1.807, 2.05) is 25.2 Å². The van der Waals surface area contributed by atoms with E-state index < -0.39 is 8.32 Å². The van der Waals surface area contributed by atoms with Crippen LogP contribution < -0.4 is 10.4 Å². The van der Waals surface area contributed by atoms with Crippen molar-refractivity contribution < 1.29 is 18.7 Å². The van der Waals surface area contributed by atoms with Crippen LogP contribution in [0.4, 0.5) is 0 Å². The van der Waals surface area contributed by atoms with Gasteiger partial charge in [0.25, 0.3) is 8.32 Å². The van der Waals surface area contributed by atoms with Crippen molar-refractivity contribution in [3.05, 3.63) is 108 Å². The largest absolute Gasteiger partial charge is 0.463 e. The summed E-state index contributed by atoms with van der Waals surface area (Å²) in [5.74, 6) is -0.296. The summed E-state index contributed by atoms with van der Waals surface area (Å²) in [7, 11) is -0.830. The molecular formula is C33H44O4Si. The van der Waals surface area contributed by atoms with E-state index in [2.05, 4.69) is 93.6 Å². The highest BCUT2D eigenvalue weighted by Gasteiger charge is 2.49. The fourth-order valence-corrected chi connectivity index (χ4v) is 9.00. The Morgan fingerprint density at radius 2 is 1.45 bits per heavy atom. The van der Waals surface area contributed by atoms with Gasteiger partial charge in [-0.2, -0.15) is 0 Å². The van der Waals surface area contributed by atoms with Gasteiger partial charge < -0.3 is 13.9 Å². The van der Waals surface area contributed by atoms with Crippen LogP contribution in [0, 0.1) is 0 Å². The molecular weight excluding hydrogens is 488 g/mol. The number of ether oxygens (including phenoxy) is 2. The van der Waals surface area contributed by atoms with Gasteiger partial charge in [0.05, 0.1) is 19.3 Å². The monoisotopic (exact) mass is 532 g/mol. The maximum atomic E-state index is 11.8. The lowest BCUT2D eigenvalue weighted by Crippen LogP contribution is -2.66. The first-order valence-corrected chi connectivity index (χ1v) is 15.2. The molecule has 204 valence electrons. The van der Waals surface area contributed by atoms with Crippen molar-refractivity contribution in [1.82, 2.24) is 0 Å². The normalized spacial score (nSPS) is 14.3. The molecule has 0 radical (unpaired) electrons. The molecule has 38 heavy (non-hydrogen) atoms. The van der Waals surface area contributed by atoms with E-state index in [1.165, 1.54) is 10.4 Å². The van der Waals surface area contributed by atoms with Crippen molar-refractivity contribution in [2.75, 3.05) is 20.3 Å². The lowest BCUT2D eigenvalue weighted by molar-refractivity contribution is -0.138. The zero-order valence-corrected chi connectivity index (χ0v) is 25.1. The van der Waals surface area contributed by atoms with Crippen molar-refractivity contribution in [2.45, 2.75) is 59.1 Å². The SMILES string of the molecule is CCOC(=O)/C(C)=C/C=C(/C)[C@@H](C/C=C\C=C\CO[Si](c1ccccc1)(c1ccccc1)C(C)(C)C)OC. The first-order valence-electron chi connectivity index (χ1n) is 13.3. The van der Waals surface area contributed by atoms with E-state index in [0.29, 0.717) is 18.8 Å². The average molecular weight is 533 g/mol. The number of methoxy groups -OCH3 is 1. The molecule has 0 bridgehead atoms. The van der Waals surface area contributed by atoms with Gasteiger partial charge in [0.2, 0.25) is 0 Å². The predicted octanol–water partition coefficient (Wildman–Crippen LogP) is 6.54. The number of carbonyl (C=O) groups excluding carboxylic acids is 1. The third-order valence-electron chi connectivity index (χ3n) is 6.53. The van der Waals surface area contributed by atoms with Gasteiger partial charge in [-0.05, 0) is 48.2 Å². The number of benzene rings is 2. The number of carbonyl (C=O) groups is 1. The Balaban J connectivity index is 2.09.